The minimum Gasteiger partial charge on any atom is -0.302 e. The zero-order chi connectivity index (χ0) is 24.5. The first-order valence-corrected chi connectivity index (χ1v) is 13.1. The van der Waals surface area contributed by atoms with Gasteiger partial charge in [-0.25, -0.2) is 10.0 Å². The standard InChI is InChI=1S/C28H22Br2N6/c29-21-9-7-15-25(17-21)35-19-33(23-11-3-1-4-12-23)27(31-35)28-32-36(26-16-8-10-22(30)18-26)20-34(28)24-13-5-2-6-14-24/h1-18H,19-20H2. The number of para-hydroxylation sites is 2. The summed E-state index contributed by atoms with van der Waals surface area (Å²) >= 11 is 7.20. The van der Waals surface area contributed by atoms with Gasteiger partial charge in [0.05, 0.1) is 11.4 Å². The van der Waals surface area contributed by atoms with Crippen LogP contribution in [-0.2, 0) is 0 Å². The van der Waals surface area contributed by atoms with Crippen molar-refractivity contribution in [1.82, 2.24) is 0 Å². The Kier molecular flexibility index (Phi) is 6.21. The molecule has 0 saturated heterocycles. The normalized spacial score (nSPS) is 15.4. The van der Waals surface area contributed by atoms with Crippen LogP contribution >= 0.6 is 31.9 Å². The van der Waals surface area contributed by atoms with Crippen molar-refractivity contribution in [2.45, 2.75) is 0 Å². The molecule has 0 aliphatic carbocycles. The number of hydrogen-bond donors (Lipinski definition) is 0. The van der Waals surface area contributed by atoms with E-state index in [0.29, 0.717) is 13.3 Å². The lowest BCUT2D eigenvalue weighted by molar-refractivity contribution is 0.911. The highest BCUT2D eigenvalue weighted by Crippen LogP contribution is 2.31. The molecule has 0 unspecified atom stereocenters. The zero-order valence-corrected chi connectivity index (χ0v) is 22.4. The van der Waals surface area contributed by atoms with Crippen molar-refractivity contribution in [3.05, 3.63) is 118 Å². The molecule has 0 fully saturated rings. The fourth-order valence-electron chi connectivity index (χ4n) is 4.31. The van der Waals surface area contributed by atoms with E-state index >= 15 is 0 Å². The number of nitrogens with zero attached hydrogens (tertiary/aromatic N) is 6. The Morgan fingerprint density at radius 1 is 0.472 bits per heavy atom. The molecule has 0 saturated carbocycles. The van der Waals surface area contributed by atoms with Crippen LogP contribution in [0, 0.1) is 0 Å². The van der Waals surface area contributed by atoms with E-state index in [2.05, 4.69) is 90.2 Å². The van der Waals surface area contributed by atoms with Crippen molar-refractivity contribution in [1.29, 1.82) is 0 Å². The minimum absolute atomic E-state index is 0.578. The maximum absolute atomic E-state index is 5.11. The van der Waals surface area contributed by atoms with Crippen molar-refractivity contribution in [3.8, 4) is 0 Å². The van der Waals surface area contributed by atoms with Gasteiger partial charge < -0.3 is 9.80 Å². The van der Waals surface area contributed by atoms with Gasteiger partial charge in [-0.1, -0.05) is 80.4 Å². The molecule has 8 heteroatoms. The summed E-state index contributed by atoms with van der Waals surface area (Å²) in [6.45, 7) is 1.16. The molecule has 4 aromatic rings. The van der Waals surface area contributed by atoms with Crippen LogP contribution in [0.5, 0.6) is 0 Å². The highest BCUT2D eigenvalue weighted by atomic mass is 79.9. The maximum Gasteiger partial charge on any atom is 0.200 e. The lowest BCUT2D eigenvalue weighted by atomic mass is 10.2. The SMILES string of the molecule is Brc1cccc(N2CN(c3ccccc3)C(C3=NN(c4cccc(Br)c4)CN3c3ccccc3)=N2)c1. The molecule has 0 radical (unpaired) electrons. The van der Waals surface area contributed by atoms with Crippen LogP contribution in [0.2, 0.25) is 0 Å². The van der Waals surface area contributed by atoms with E-state index in [1.54, 1.807) is 0 Å². The smallest absolute Gasteiger partial charge is 0.200 e. The molecule has 178 valence electrons. The first kappa shape index (κ1) is 22.8. The van der Waals surface area contributed by atoms with Crippen LogP contribution in [0.15, 0.2) is 128 Å². The van der Waals surface area contributed by atoms with Gasteiger partial charge in [-0.05, 0) is 60.7 Å². The molecule has 36 heavy (non-hydrogen) atoms. The predicted octanol–water partition coefficient (Wildman–Crippen LogP) is 7.11. The predicted molar refractivity (Wildman–Crippen MR) is 156 cm³/mol. The highest BCUT2D eigenvalue weighted by molar-refractivity contribution is 9.10. The lowest BCUT2D eigenvalue weighted by Gasteiger charge is -2.25. The third-order valence-corrected chi connectivity index (χ3v) is 7.03. The highest BCUT2D eigenvalue weighted by Gasteiger charge is 2.36. The van der Waals surface area contributed by atoms with Crippen molar-refractivity contribution in [2.75, 3.05) is 33.2 Å². The second-order valence-electron chi connectivity index (χ2n) is 8.42. The molecule has 0 amide bonds. The van der Waals surface area contributed by atoms with Crippen LogP contribution in [0.3, 0.4) is 0 Å². The van der Waals surface area contributed by atoms with E-state index in [1.165, 1.54) is 0 Å². The Bertz CT molecular complexity index is 1330. The molecular weight excluding hydrogens is 580 g/mol. The molecule has 2 aliphatic rings. The summed E-state index contributed by atoms with van der Waals surface area (Å²) < 4.78 is 2.03. The van der Waals surface area contributed by atoms with Gasteiger partial charge in [-0.15, -0.1) is 10.2 Å². The average molecular weight is 602 g/mol. The van der Waals surface area contributed by atoms with Crippen molar-refractivity contribution in [3.63, 3.8) is 0 Å². The monoisotopic (exact) mass is 600 g/mol. The summed E-state index contributed by atoms with van der Waals surface area (Å²) in [6.07, 6.45) is 0. The summed E-state index contributed by atoms with van der Waals surface area (Å²) in [5.41, 5.74) is 4.14. The van der Waals surface area contributed by atoms with Gasteiger partial charge in [0.2, 0.25) is 0 Å². The van der Waals surface area contributed by atoms with E-state index in [4.69, 9.17) is 10.2 Å². The third kappa shape index (κ3) is 4.50. The van der Waals surface area contributed by atoms with E-state index < -0.39 is 0 Å². The molecule has 2 heterocycles. The number of halogens is 2. The van der Waals surface area contributed by atoms with Gasteiger partial charge in [0.25, 0.3) is 0 Å². The van der Waals surface area contributed by atoms with Gasteiger partial charge in [-0.3, -0.25) is 0 Å². The van der Waals surface area contributed by atoms with E-state index in [1.807, 2.05) is 70.7 Å². The van der Waals surface area contributed by atoms with Crippen LogP contribution in [-0.4, -0.2) is 25.0 Å². The second kappa shape index (κ2) is 9.79. The number of benzene rings is 4. The molecule has 0 N–H and O–H groups in total. The number of anilines is 4. The summed E-state index contributed by atoms with van der Waals surface area (Å²) in [5.74, 6) is 1.59. The van der Waals surface area contributed by atoms with Gasteiger partial charge in [0.15, 0.2) is 11.7 Å². The number of rotatable bonds is 5. The number of hydrogen-bond acceptors (Lipinski definition) is 6. The third-order valence-electron chi connectivity index (χ3n) is 6.04. The van der Waals surface area contributed by atoms with Crippen molar-refractivity contribution in [2.24, 2.45) is 10.2 Å². The summed E-state index contributed by atoms with van der Waals surface area (Å²) in [5, 5.41) is 14.2. The van der Waals surface area contributed by atoms with Gasteiger partial charge in [-0.2, -0.15) is 0 Å². The van der Waals surface area contributed by atoms with Crippen LogP contribution in [0.1, 0.15) is 0 Å². The van der Waals surface area contributed by atoms with Gasteiger partial charge >= 0.3 is 0 Å². The first-order chi connectivity index (χ1) is 17.7. The van der Waals surface area contributed by atoms with E-state index in [0.717, 1.165) is 43.4 Å². The summed E-state index contributed by atoms with van der Waals surface area (Å²) in [6, 6.07) is 37.1. The fraction of sp³-hybridized carbons (Fsp3) is 0.0714. The Morgan fingerprint density at radius 2 is 0.861 bits per heavy atom. The maximum atomic E-state index is 5.11. The van der Waals surface area contributed by atoms with Crippen LogP contribution in [0.4, 0.5) is 22.7 Å². The van der Waals surface area contributed by atoms with Crippen molar-refractivity contribution < 1.29 is 0 Å². The molecule has 0 spiro atoms. The Balaban J connectivity index is 1.47. The van der Waals surface area contributed by atoms with Crippen LogP contribution < -0.4 is 19.8 Å². The Labute approximate surface area is 227 Å². The fourth-order valence-corrected chi connectivity index (χ4v) is 5.08. The number of hydrazone groups is 2. The molecule has 2 aliphatic heterocycles. The summed E-state index contributed by atoms with van der Waals surface area (Å²) in [7, 11) is 0. The minimum atomic E-state index is 0.578. The molecule has 0 atom stereocenters. The Hall–Kier alpha value is -3.62. The Morgan fingerprint density at radius 3 is 1.25 bits per heavy atom. The second-order valence-corrected chi connectivity index (χ2v) is 10.2. The molecule has 4 aromatic carbocycles. The zero-order valence-electron chi connectivity index (χ0n) is 19.2. The van der Waals surface area contributed by atoms with Crippen molar-refractivity contribution >= 4 is 66.3 Å². The number of amidine groups is 2. The van der Waals surface area contributed by atoms with E-state index in [9.17, 15) is 0 Å². The van der Waals surface area contributed by atoms with Gasteiger partial charge in [0, 0.05) is 20.3 Å². The molecule has 6 nitrogen and oxygen atoms in total. The molecule has 0 aromatic heterocycles. The largest absolute Gasteiger partial charge is 0.302 e. The summed E-state index contributed by atoms with van der Waals surface area (Å²) in [4.78, 5) is 4.42. The van der Waals surface area contributed by atoms with E-state index in [-0.39, 0.29) is 0 Å². The molecule has 0 bridgehead atoms. The quantitative estimate of drug-likeness (QED) is 0.244. The molecule has 6 rings (SSSR count). The lowest BCUT2D eigenvalue weighted by Crippen LogP contribution is -2.42. The molecular formula is C28H22Br2N6. The topological polar surface area (TPSA) is 37.7 Å². The average Bonchev–Trinajstić information content (AvgIpc) is 3.55. The van der Waals surface area contributed by atoms with Gasteiger partial charge in [0.1, 0.15) is 13.3 Å². The first-order valence-electron chi connectivity index (χ1n) is 11.5. The van der Waals surface area contributed by atoms with Crippen LogP contribution in [0.25, 0.3) is 0 Å².